The highest BCUT2D eigenvalue weighted by molar-refractivity contribution is 5.98. The van der Waals surface area contributed by atoms with E-state index in [1.54, 1.807) is 0 Å². The van der Waals surface area contributed by atoms with Crippen molar-refractivity contribution in [3.63, 3.8) is 0 Å². The van der Waals surface area contributed by atoms with E-state index in [0.717, 1.165) is 31.5 Å². The van der Waals surface area contributed by atoms with Crippen LogP contribution in [-0.4, -0.2) is 56.0 Å². The Labute approximate surface area is 149 Å². The highest BCUT2D eigenvalue weighted by atomic mass is 16.5. The predicted octanol–water partition coefficient (Wildman–Crippen LogP) is 1.98. The lowest BCUT2D eigenvalue weighted by atomic mass is 9.89. The summed E-state index contributed by atoms with van der Waals surface area (Å²) in [5.41, 5.74) is 3.42. The fourth-order valence-electron chi connectivity index (χ4n) is 3.58. The van der Waals surface area contributed by atoms with Crippen molar-refractivity contribution in [1.29, 1.82) is 0 Å². The topological polar surface area (TPSA) is 58.6 Å². The summed E-state index contributed by atoms with van der Waals surface area (Å²) in [6, 6.07) is 6.02. The van der Waals surface area contributed by atoms with Crippen LogP contribution >= 0.6 is 0 Å². The molecule has 1 aromatic carbocycles. The number of amides is 1. The maximum Gasteiger partial charge on any atom is 0.220 e. The molecule has 1 heterocycles. The Hall–Kier alpha value is -1.72. The minimum absolute atomic E-state index is 0.0408. The van der Waals surface area contributed by atoms with Crippen LogP contribution in [0.2, 0.25) is 0 Å². The Morgan fingerprint density at radius 1 is 1.20 bits per heavy atom. The van der Waals surface area contributed by atoms with Crippen LogP contribution in [0.1, 0.15) is 47.2 Å². The second-order valence-corrected chi connectivity index (χ2v) is 7.17. The maximum atomic E-state index is 12.4. The maximum absolute atomic E-state index is 12.4. The van der Waals surface area contributed by atoms with E-state index >= 15 is 0 Å². The number of morpholine rings is 1. The summed E-state index contributed by atoms with van der Waals surface area (Å²) in [5, 5.41) is 2.89. The van der Waals surface area contributed by atoms with Gasteiger partial charge in [-0.15, -0.1) is 0 Å². The van der Waals surface area contributed by atoms with Gasteiger partial charge >= 0.3 is 0 Å². The Bertz CT molecular complexity index is 629. The molecule has 1 fully saturated rings. The Morgan fingerprint density at radius 3 is 2.80 bits per heavy atom. The number of rotatable bonds is 6. The van der Waals surface area contributed by atoms with Crippen molar-refractivity contribution in [2.24, 2.45) is 0 Å². The molecular weight excluding hydrogens is 316 g/mol. The number of nitrogens with zero attached hydrogens (tertiary/aromatic N) is 1. The van der Waals surface area contributed by atoms with Crippen molar-refractivity contribution >= 4 is 11.7 Å². The van der Waals surface area contributed by atoms with Crippen LogP contribution in [0.3, 0.4) is 0 Å². The number of carbonyl (C=O) groups is 2. The van der Waals surface area contributed by atoms with Crippen molar-refractivity contribution in [3.8, 4) is 0 Å². The molecule has 5 heteroatoms. The average molecular weight is 344 g/mol. The quantitative estimate of drug-likeness (QED) is 0.802. The van der Waals surface area contributed by atoms with Gasteiger partial charge in [-0.2, -0.15) is 0 Å². The number of carbonyl (C=O) groups excluding carboxylic acids is 2. The molecule has 1 aromatic rings. The summed E-state index contributed by atoms with van der Waals surface area (Å²) in [6.07, 6.45) is 5.15. The Morgan fingerprint density at radius 2 is 2.00 bits per heavy atom. The third kappa shape index (κ3) is 5.13. The summed E-state index contributed by atoms with van der Waals surface area (Å²) in [6.45, 7) is 2.97. The van der Waals surface area contributed by atoms with E-state index in [1.807, 2.05) is 12.1 Å². The van der Waals surface area contributed by atoms with Crippen molar-refractivity contribution in [2.45, 2.75) is 44.6 Å². The van der Waals surface area contributed by atoms with Crippen LogP contribution in [0.25, 0.3) is 0 Å². The molecule has 0 saturated carbocycles. The highest BCUT2D eigenvalue weighted by Gasteiger charge is 2.19. The molecule has 1 aliphatic carbocycles. The Kier molecular flexibility index (Phi) is 6.21. The second kappa shape index (κ2) is 8.59. The third-order valence-electron chi connectivity index (χ3n) is 5.12. The molecular formula is C20H28N2O3. The molecule has 0 aromatic heterocycles. The molecule has 1 N–H and O–H groups in total. The lowest BCUT2D eigenvalue weighted by Crippen LogP contribution is -2.45. The zero-order valence-electron chi connectivity index (χ0n) is 15.1. The number of ketones is 1. The number of fused-ring (bicyclic) bond motifs is 1. The third-order valence-corrected chi connectivity index (χ3v) is 5.12. The van der Waals surface area contributed by atoms with E-state index in [9.17, 15) is 9.59 Å². The summed E-state index contributed by atoms with van der Waals surface area (Å²) in [7, 11) is 2.05. The smallest absolute Gasteiger partial charge is 0.220 e. The monoisotopic (exact) mass is 344 g/mol. The number of likely N-dealkylation sites (N-methyl/N-ethyl adjacent to an activating group) is 1. The first-order valence-corrected chi connectivity index (χ1v) is 9.33. The van der Waals surface area contributed by atoms with Gasteiger partial charge in [-0.1, -0.05) is 12.1 Å². The average Bonchev–Trinajstić information content (AvgIpc) is 2.64. The van der Waals surface area contributed by atoms with Crippen LogP contribution in [0.5, 0.6) is 0 Å². The van der Waals surface area contributed by atoms with Gasteiger partial charge in [0, 0.05) is 38.0 Å². The SMILES string of the molecule is CN1CCO[C@@H](CNC(=O)CCC(=O)c2ccc3c(c2)CCCC3)C1. The molecule has 1 amide bonds. The van der Waals surface area contributed by atoms with E-state index in [4.69, 9.17) is 4.74 Å². The molecule has 0 bridgehead atoms. The van der Waals surface area contributed by atoms with Gasteiger partial charge in [0.25, 0.3) is 0 Å². The van der Waals surface area contributed by atoms with Crippen LogP contribution in [0.4, 0.5) is 0 Å². The molecule has 0 radical (unpaired) electrons. The van der Waals surface area contributed by atoms with Crippen LogP contribution in [-0.2, 0) is 22.4 Å². The van der Waals surface area contributed by atoms with Gasteiger partial charge in [0.1, 0.15) is 0 Å². The highest BCUT2D eigenvalue weighted by Crippen LogP contribution is 2.22. The van der Waals surface area contributed by atoms with Gasteiger partial charge < -0.3 is 15.0 Å². The molecule has 1 saturated heterocycles. The second-order valence-electron chi connectivity index (χ2n) is 7.17. The van der Waals surface area contributed by atoms with E-state index in [0.29, 0.717) is 13.2 Å². The van der Waals surface area contributed by atoms with E-state index in [-0.39, 0.29) is 30.6 Å². The number of hydrogen-bond acceptors (Lipinski definition) is 4. The van der Waals surface area contributed by atoms with Crippen molar-refractivity contribution in [1.82, 2.24) is 10.2 Å². The van der Waals surface area contributed by atoms with E-state index in [1.165, 1.54) is 24.0 Å². The van der Waals surface area contributed by atoms with E-state index < -0.39 is 0 Å². The zero-order valence-corrected chi connectivity index (χ0v) is 15.1. The van der Waals surface area contributed by atoms with Gasteiger partial charge in [0.15, 0.2) is 5.78 Å². The van der Waals surface area contributed by atoms with Gasteiger partial charge in [-0.3, -0.25) is 9.59 Å². The first-order valence-electron chi connectivity index (χ1n) is 9.33. The standard InChI is InChI=1S/C20H28N2O3/c1-22-10-11-25-18(14-22)13-21-20(24)9-8-19(23)17-7-6-15-4-2-3-5-16(15)12-17/h6-7,12,18H,2-5,8-11,13-14H2,1H3,(H,21,24)/t18-/m0/s1. The lowest BCUT2D eigenvalue weighted by molar-refractivity contribution is -0.122. The first kappa shape index (κ1) is 18.1. The minimum atomic E-state index is -0.0804. The number of nitrogens with one attached hydrogen (secondary N) is 1. The van der Waals surface area contributed by atoms with Gasteiger partial charge in [0.2, 0.25) is 5.91 Å². The number of Topliss-reactive ketones (excluding diaryl/α,β-unsaturated/α-hetero) is 1. The molecule has 1 atom stereocenters. The molecule has 2 aliphatic rings. The van der Waals surface area contributed by atoms with Gasteiger partial charge in [-0.05, 0) is 49.9 Å². The molecule has 0 spiro atoms. The molecule has 0 unspecified atom stereocenters. The van der Waals surface area contributed by atoms with Crippen LogP contribution < -0.4 is 5.32 Å². The lowest BCUT2D eigenvalue weighted by Gasteiger charge is -2.30. The largest absolute Gasteiger partial charge is 0.374 e. The van der Waals surface area contributed by atoms with Crippen molar-refractivity contribution in [2.75, 3.05) is 33.3 Å². The summed E-state index contributed by atoms with van der Waals surface area (Å²) < 4.78 is 5.62. The Balaban J connectivity index is 1.43. The summed E-state index contributed by atoms with van der Waals surface area (Å²) in [5.74, 6) is -0.0275. The summed E-state index contributed by atoms with van der Waals surface area (Å²) >= 11 is 0. The van der Waals surface area contributed by atoms with Crippen LogP contribution in [0, 0.1) is 0 Å². The van der Waals surface area contributed by atoms with Crippen molar-refractivity contribution < 1.29 is 14.3 Å². The number of aryl methyl sites for hydroxylation is 2. The fourth-order valence-corrected chi connectivity index (χ4v) is 3.58. The number of hydrogen-bond donors (Lipinski definition) is 1. The van der Waals surface area contributed by atoms with Crippen LogP contribution in [0.15, 0.2) is 18.2 Å². The summed E-state index contributed by atoms with van der Waals surface area (Å²) in [4.78, 5) is 26.6. The molecule has 136 valence electrons. The minimum Gasteiger partial charge on any atom is -0.374 e. The number of ether oxygens (including phenoxy) is 1. The molecule has 5 nitrogen and oxygen atoms in total. The normalized spacial score (nSPS) is 20.8. The zero-order chi connectivity index (χ0) is 17.6. The predicted molar refractivity (Wildman–Crippen MR) is 96.9 cm³/mol. The number of benzene rings is 1. The van der Waals surface area contributed by atoms with Crippen molar-refractivity contribution in [3.05, 3.63) is 34.9 Å². The molecule has 1 aliphatic heterocycles. The molecule has 3 rings (SSSR count). The van der Waals surface area contributed by atoms with Gasteiger partial charge in [0.05, 0.1) is 12.7 Å². The van der Waals surface area contributed by atoms with Gasteiger partial charge in [-0.25, -0.2) is 0 Å². The first-order chi connectivity index (χ1) is 12.1. The molecule has 25 heavy (non-hydrogen) atoms. The van der Waals surface area contributed by atoms with E-state index in [2.05, 4.69) is 23.3 Å². The fraction of sp³-hybridized carbons (Fsp3) is 0.600.